The van der Waals surface area contributed by atoms with E-state index < -0.39 is 26.4 Å². The number of carbonyl (C=O) groups excluding carboxylic acids is 4. The van der Waals surface area contributed by atoms with Crippen LogP contribution in [0.3, 0.4) is 0 Å². The summed E-state index contributed by atoms with van der Waals surface area (Å²) in [7, 11) is 0. The Bertz CT molecular complexity index is 1260. The monoisotopic (exact) mass is 568 g/mol. The molecule has 0 atom stereocenters. The molecule has 0 spiro atoms. The third kappa shape index (κ3) is 5.25. The smallest absolute Gasteiger partial charge is 0.252 e. The zero-order valence-electron chi connectivity index (χ0n) is 18.9. The molecule has 0 aromatic heterocycles. The van der Waals surface area contributed by atoms with Crippen molar-refractivity contribution < 1.29 is 19.2 Å². The van der Waals surface area contributed by atoms with Gasteiger partial charge in [0.05, 0.1) is 5.41 Å². The lowest BCUT2D eigenvalue weighted by Crippen LogP contribution is -2.31. The highest BCUT2D eigenvalue weighted by Gasteiger charge is 2.38. The molecule has 8 heteroatoms. The molecule has 0 aliphatic heterocycles. The minimum absolute atomic E-state index is 0.313. The fraction of sp³-hybridized carbons (Fsp3) is 0.0345. The summed E-state index contributed by atoms with van der Waals surface area (Å²) in [4.78, 5) is 47.0. The van der Waals surface area contributed by atoms with Crippen molar-refractivity contribution >= 4 is 67.4 Å². The lowest BCUT2D eigenvalue weighted by molar-refractivity contribution is 0.107. The Balaban J connectivity index is 2.09. The Morgan fingerprint density at radius 3 is 0.649 bits per heavy atom. The molecule has 0 aliphatic carbocycles. The van der Waals surface area contributed by atoms with Crippen LogP contribution in [0.15, 0.2) is 97.1 Å². The summed E-state index contributed by atoms with van der Waals surface area (Å²) in [5.41, 5.74) is 3.21. The minimum Gasteiger partial charge on any atom is -0.276 e. The zero-order valence-corrected chi connectivity index (χ0v) is 21.9. The standard InChI is InChI=1S/C29H16Cl4O4/c30-25(34)17-1-9-21(10-2-17)29(22-11-3-18(4-12-22)26(31)35,23-13-5-19(6-14-23)27(32)36)24-15-7-20(8-16-24)28(33)37/h1-16H. The van der Waals surface area contributed by atoms with Gasteiger partial charge in [-0.05, 0) is 117 Å². The topological polar surface area (TPSA) is 68.3 Å². The third-order valence-corrected chi connectivity index (χ3v) is 7.05. The van der Waals surface area contributed by atoms with Crippen LogP contribution in [0.4, 0.5) is 0 Å². The summed E-state index contributed by atoms with van der Waals surface area (Å²) < 4.78 is 0. The predicted octanol–water partition coefficient (Wildman–Crippen LogP) is 7.59. The van der Waals surface area contributed by atoms with E-state index in [-0.39, 0.29) is 0 Å². The summed E-state index contributed by atoms with van der Waals surface area (Å²) in [5.74, 6) is 0. The van der Waals surface area contributed by atoms with E-state index in [0.717, 1.165) is 22.3 Å². The summed E-state index contributed by atoms with van der Waals surface area (Å²) in [5, 5.41) is -2.40. The predicted molar refractivity (Wildman–Crippen MR) is 145 cm³/mol. The van der Waals surface area contributed by atoms with Gasteiger partial charge < -0.3 is 0 Å². The molecule has 4 aromatic rings. The van der Waals surface area contributed by atoms with E-state index in [4.69, 9.17) is 46.4 Å². The Morgan fingerprint density at radius 2 is 0.514 bits per heavy atom. The SMILES string of the molecule is O=C(Cl)c1ccc(C(c2ccc(C(=O)Cl)cc2)(c2ccc(C(=O)Cl)cc2)c2ccc(C(=O)Cl)cc2)cc1. The highest BCUT2D eigenvalue weighted by atomic mass is 35.5. The molecule has 0 saturated carbocycles. The van der Waals surface area contributed by atoms with Crippen molar-refractivity contribution in [2.45, 2.75) is 5.41 Å². The van der Waals surface area contributed by atoms with Gasteiger partial charge in [-0.25, -0.2) is 0 Å². The Morgan fingerprint density at radius 1 is 0.351 bits per heavy atom. The van der Waals surface area contributed by atoms with Crippen molar-refractivity contribution in [3.63, 3.8) is 0 Å². The molecule has 0 saturated heterocycles. The molecule has 184 valence electrons. The van der Waals surface area contributed by atoms with Crippen LogP contribution < -0.4 is 0 Å². The maximum atomic E-state index is 11.8. The van der Waals surface area contributed by atoms with Gasteiger partial charge in [0.1, 0.15) is 0 Å². The summed E-state index contributed by atoms with van der Waals surface area (Å²) >= 11 is 22.8. The van der Waals surface area contributed by atoms with E-state index in [1.807, 2.05) is 0 Å². The molecule has 0 amide bonds. The van der Waals surface area contributed by atoms with E-state index in [0.29, 0.717) is 22.3 Å². The molecule has 0 aliphatic rings. The van der Waals surface area contributed by atoms with Crippen LogP contribution in [0.1, 0.15) is 63.7 Å². The van der Waals surface area contributed by atoms with Crippen molar-refractivity contribution in [3.05, 3.63) is 142 Å². The van der Waals surface area contributed by atoms with Crippen LogP contribution in [0, 0.1) is 0 Å². The van der Waals surface area contributed by atoms with Crippen LogP contribution in [-0.4, -0.2) is 21.0 Å². The maximum Gasteiger partial charge on any atom is 0.252 e. The van der Waals surface area contributed by atoms with Crippen molar-refractivity contribution in [2.24, 2.45) is 0 Å². The zero-order chi connectivity index (χ0) is 26.7. The summed E-state index contributed by atoms with van der Waals surface area (Å²) in [6.45, 7) is 0. The Labute approximate surface area is 232 Å². The number of hydrogen-bond acceptors (Lipinski definition) is 4. The molecule has 0 fully saturated rings. The van der Waals surface area contributed by atoms with E-state index in [1.54, 1.807) is 97.1 Å². The van der Waals surface area contributed by atoms with Crippen molar-refractivity contribution in [1.29, 1.82) is 0 Å². The first kappa shape index (κ1) is 26.8. The van der Waals surface area contributed by atoms with Crippen LogP contribution in [-0.2, 0) is 5.41 Å². The Kier molecular flexibility index (Phi) is 7.96. The molecule has 0 radical (unpaired) electrons. The van der Waals surface area contributed by atoms with Crippen LogP contribution >= 0.6 is 46.4 Å². The molecular weight excluding hydrogens is 554 g/mol. The molecule has 0 heterocycles. The first-order chi connectivity index (χ1) is 17.6. The molecule has 0 bridgehead atoms. The molecule has 0 unspecified atom stereocenters. The quantitative estimate of drug-likeness (QED) is 0.162. The van der Waals surface area contributed by atoms with Gasteiger partial charge in [-0.15, -0.1) is 0 Å². The van der Waals surface area contributed by atoms with Crippen molar-refractivity contribution in [2.75, 3.05) is 0 Å². The highest BCUT2D eigenvalue weighted by molar-refractivity contribution is 6.68. The molecule has 4 nitrogen and oxygen atoms in total. The van der Waals surface area contributed by atoms with Crippen molar-refractivity contribution in [1.82, 2.24) is 0 Å². The summed E-state index contributed by atoms with van der Waals surface area (Å²) in [6, 6.07) is 27.1. The molecule has 0 N–H and O–H groups in total. The molecular formula is C29H16Cl4O4. The van der Waals surface area contributed by atoms with Gasteiger partial charge in [-0.3, -0.25) is 19.2 Å². The van der Waals surface area contributed by atoms with E-state index >= 15 is 0 Å². The van der Waals surface area contributed by atoms with Gasteiger partial charge in [0.25, 0.3) is 21.0 Å². The Hall–Kier alpha value is -3.28. The van der Waals surface area contributed by atoms with Gasteiger partial charge in [-0.1, -0.05) is 48.5 Å². The van der Waals surface area contributed by atoms with E-state index in [9.17, 15) is 19.2 Å². The van der Waals surface area contributed by atoms with Crippen LogP contribution in [0.5, 0.6) is 0 Å². The number of hydrogen-bond donors (Lipinski definition) is 0. The maximum absolute atomic E-state index is 11.8. The summed E-state index contributed by atoms with van der Waals surface area (Å²) in [6.07, 6.45) is 0. The largest absolute Gasteiger partial charge is 0.276 e. The second-order valence-electron chi connectivity index (χ2n) is 8.15. The lowest BCUT2D eigenvalue weighted by atomic mass is 9.65. The molecule has 4 rings (SSSR count). The second kappa shape index (κ2) is 11.0. The first-order valence-corrected chi connectivity index (χ1v) is 12.4. The fourth-order valence-corrected chi connectivity index (χ4v) is 4.91. The van der Waals surface area contributed by atoms with Gasteiger partial charge in [0, 0.05) is 22.3 Å². The average molecular weight is 570 g/mol. The van der Waals surface area contributed by atoms with Gasteiger partial charge >= 0.3 is 0 Å². The van der Waals surface area contributed by atoms with Crippen LogP contribution in [0.25, 0.3) is 0 Å². The normalized spacial score (nSPS) is 11.1. The van der Waals surface area contributed by atoms with E-state index in [1.165, 1.54) is 0 Å². The minimum atomic E-state index is -1.02. The van der Waals surface area contributed by atoms with Gasteiger partial charge in [-0.2, -0.15) is 0 Å². The van der Waals surface area contributed by atoms with Crippen LogP contribution in [0.2, 0.25) is 0 Å². The highest BCUT2D eigenvalue weighted by Crippen LogP contribution is 2.45. The van der Waals surface area contributed by atoms with Gasteiger partial charge in [0.15, 0.2) is 0 Å². The third-order valence-electron chi connectivity index (χ3n) is 6.18. The van der Waals surface area contributed by atoms with Crippen molar-refractivity contribution in [3.8, 4) is 0 Å². The fourth-order valence-electron chi connectivity index (χ4n) is 4.41. The number of benzene rings is 4. The lowest BCUT2D eigenvalue weighted by Gasteiger charge is -2.37. The second-order valence-corrected chi connectivity index (χ2v) is 9.53. The van der Waals surface area contributed by atoms with E-state index in [2.05, 4.69) is 0 Å². The number of carbonyl (C=O) groups is 4. The first-order valence-electron chi connectivity index (χ1n) is 10.9. The number of rotatable bonds is 8. The average Bonchev–Trinajstić information content (AvgIpc) is 2.90. The van der Waals surface area contributed by atoms with Gasteiger partial charge in [0.2, 0.25) is 0 Å². The number of halogens is 4. The molecule has 4 aromatic carbocycles. The molecule has 37 heavy (non-hydrogen) atoms.